The van der Waals surface area contributed by atoms with Crippen LogP contribution in [-0.2, 0) is 24.3 Å². The van der Waals surface area contributed by atoms with Crippen LogP contribution in [0, 0.1) is 16.7 Å². The van der Waals surface area contributed by atoms with Gasteiger partial charge in [-0.2, -0.15) is 0 Å². The van der Waals surface area contributed by atoms with Crippen molar-refractivity contribution >= 4 is 22.4 Å². The number of thiazole rings is 1. The summed E-state index contributed by atoms with van der Waals surface area (Å²) in [5, 5.41) is 28.9. The Balaban J connectivity index is 1.40. The maximum Gasteiger partial charge on any atom is 0.220 e. The van der Waals surface area contributed by atoms with Gasteiger partial charge in [-0.15, -0.1) is 11.3 Å². The van der Waals surface area contributed by atoms with E-state index in [1.54, 1.807) is 18.4 Å². The number of amides is 1. The Kier molecular flexibility index (Phi) is 7.99. The minimum atomic E-state index is -0.635. The zero-order valence-corrected chi connectivity index (χ0v) is 23.8. The number of anilines is 1. The van der Waals surface area contributed by atoms with Crippen LogP contribution in [0.4, 0.5) is 5.13 Å². The first-order valence-corrected chi connectivity index (χ1v) is 14.5. The number of fused-ring (bicyclic) bond motifs is 2. The fraction of sp³-hybridized carbons (Fsp3) is 0.484. The number of ether oxygens (including phenoxy) is 1. The smallest absolute Gasteiger partial charge is 0.220 e. The lowest BCUT2D eigenvalue weighted by atomic mass is 9.47. The zero-order chi connectivity index (χ0) is 27.6. The van der Waals surface area contributed by atoms with Gasteiger partial charge in [-0.05, 0) is 53.9 Å². The summed E-state index contributed by atoms with van der Waals surface area (Å²) in [6.07, 6.45) is 1.88. The van der Waals surface area contributed by atoms with E-state index in [1.165, 1.54) is 5.56 Å². The number of aliphatic hydroxyl groups excluding tert-OH is 2. The van der Waals surface area contributed by atoms with Crippen molar-refractivity contribution < 1.29 is 19.7 Å². The van der Waals surface area contributed by atoms with E-state index in [4.69, 9.17) is 9.72 Å². The third-order valence-electron chi connectivity index (χ3n) is 9.22. The highest BCUT2D eigenvalue weighted by Gasteiger charge is 2.59. The van der Waals surface area contributed by atoms with E-state index in [2.05, 4.69) is 29.7 Å². The lowest BCUT2D eigenvalue weighted by Gasteiger charge is -2.58. The average molecular weight is 550 g/mol. The quantitative estimate of drug-likeness (QED) is 0.303. The Hall–Kier alpha value is -2.94. The number of nitrogens with zero attached hydrogens (tertiary/aromatic N) is 1. The number of aromatic nitrogens is 1. The van der Waals surface area contributed by atoms with Crippen molar-refractivity contribution in [2.75, 3.05) is 19.0 Å². The van der Waals surface area contributed by atoms with Gasteiger partial charge in [0.15, 0.2) is 5.13 Å². The summed E-state index contributed by atoms with van der Waals surface area (Å²) in [5.74, 6) is 0.690. The molecule has 2 aliphatic carbocycles. The molecular formula is C31H39N3O4S. The number of hydrogen-bond donors (Lipinski definition) is 4. The highest BCUT2D eigenvalue weighted by Crippen LogP contribution is 2.62. The molecule has 0 aliphatic heterocycles. The number of carbonyl (C=O) groups is 1. The first-order valence-electron chi connectivity index (χ1n) is 13.7. The van der Waals surface area contributed by atoms with Crippen LogP contribution < -0.4 is 15.4 Å². The third-order valence-corrected chi connectivity index (χ3v) is 10.3. The van der Waals surface area contributed by atoms with Gasteiger partial charge < -0.3 is 25.6 Å². The van der Waals surface area contributed by atoms with Gasteiger partial charge in [0.2, 0.25) is 5.91 Å². The number of rotatable bonds is 9. The molecule has 5 unspecified atom stereocenters. The van der Waals surface area contributed by atoms with Crippen LogP contribution in [0.1, 0.15) is 60.7 Å². The molecule has 8 heteroatoms. The number of methoxy groups -OCH3 is 1. The molecule has 2 aromatic carbocycles. The van der Waals surface area contributed by atoms with Crippen molar-refractivity contribution in [1.29, 1.82) is 0 Å². The van der Waals surface area contributed by atoms with E-state index in [1.807, 2.05) is 49.4 Å². The van der Waals surface area contributed by atoms with E-state index in [-0.39, 0.29) is 29.8 Å². The predicted molar refractivity (Wildman–Crippen MR) is 154 cm³/mol. The average Bonchev–Trinajstić information content (AvgIpc) is 3.37. The molecule has 1 aromatic heterocycles. The summed E-state index contributed by atoms with van der Waals surface area (Å²) in [5.41, 5.74) is 2.27. The molecule has 0 radical (unpaired) electrons. The van der Waals surface area contributed by atoms with E-state index in [0.29, 0.717) is 25.9 Å². The molecular weight excluding hydrogens is 510 g/mol. The Morgan fingerprint density at radius 3 is 2.51 bits per heavy atom. The standard InChI is InChI=1S/C31H39N3O4S/c1-30-14-13-26(36)31(2,19-35)25(30)16-24-28(34-29(39-24)33-18-20-7-5-4-6-8-20)23(30)15-27(37)32-17-21-9-11-22(38-3)12-10-21/h4-12,23,25-26,35-36H,13-19H2,1-3H3,(H,32,37)(H,33,34). The lowest BCUT2D eigenvalue weighted by molar-refractivity contribution is -0.144. The topological polar surface area (TPSA) is 104 Å². The number of carbonyl (C=O) groups excluding carboxylic acids is 1. The molecule has 1 fully saturated rings. The van der Waals surface area contributed by atoms with E-state index < -0.39 is 11.5 Å². The van der Waals surface area contributed by atoms with Gasteiger partial charge in [-0.1, -0.05) is 56.3 Å². The van der Waals surface area contributed by atoms with Gasteiger partial charge in [0, 0.05) is 35.7 Å². The molecule has 0 saturated heterocycles. The van der Waals surface area contributed by atoms with E-state index in [0.717, 1.165) is 39.9 Å². The Bertz CT molecular complexity index is 1280. The van der Waals surface area contributed by atoms with E-state index >= 15 is 0 Å². The second-order valence-corrected chi connectivity index (χ2v) is 12.6. The second-order valence-electron chi connectivity index (χ2n) is 11.5. The van der Waals surface area contributed by atoms with Gasteiger partial charge >= 0.3 is 0 Å². The Labute approximate surface area is 234 Å². The molecule has 2 aliphatic rings. The first-order chi connectivity index (χ1) is 18.8. The summed E-state index contributed by atoms with van der Waals surface area (Å²) in [7, 11) is 1.64. The summed E-state index contributed by atoms with van der Waals surface area (Å²) >= 11 is 1.64. The molecule has 0 spiro atoms. The fourth-order valence-corrected chi connectivity index (χ4v) is 7.76. The monoisotopic (exact) mass is 549 g/mol. The maximum absolute atomic E-state index is 13.4. The molecule has 4 N–H and O–H groups in total. The molecule has 208 valence electrons. The molecule has 1 amide bonds. The normalized spacial score (nSPS) is 27.8. The lowest BCUT2D eigenvalue weighted by Crippen LogP contribution is -2.57. The van der Waals surface area contributed by atoms with Gasteiger partial charge in [0.1, 0.15) is 5.75 Å². The van der Waals surface area contributed by atoms with Crippen molar-refractivity contribution in [1.82, 2.24) is 10.3 Å². The van der Waals surface area contributed by atoms with Crippen LogP contribution in [0.3, 0.4) is 0 Å². The maximum atomic E-state index is 13.4. The van der Waals surface area contributed by atoms with Crippen LogP contribution in [0.15, 0.2) is 54.6 Å². The van der Waals surface area contributed by atoms with Crippen LogP contribution in [0.2, 0.25) is 0 Å². The molecule has 7 nitrogen and oxygen atoms in total. The number of nitrogens with one attached hydrogen (secondary N) is 2. The third kappa shape index (κ3) is 5.42. The van der Waals surface area contributed by atoms with Crippen molar-refractivity contribution in [2.45, 2.75) is 64.6 Å². The van der Waals surface area contributed by atoms with Gasteiger partial charge in [-0.3, -0.25) is 4.79 Å². The Morgan fingerprint density at radius 1 is 1.10 bits per heavy atom. The largest absolute Gasteiger partial charge is 0.497 e. The predicted octanol–water partition coefficient (Wildman–Crippen LogP) is 4.89. The zero-order valence-electron chi connectivity index (χ0n) is 22.9. The van der Waals surface area contributed by atoms with Crippen molar-refractivity contribution in [2.24, 2.45) is 16.7 Å². The van der Waals surface area contributed by atoms with Gasteiger partial charge in [-0.25, -0.2) is 4.98 Å². The van der Waals surface area contributed by atoms with Crippen molar-refractivity contribution in [3.8, 4) is 5.75 Å². The fourth-order valence-electron chi connectivity index (χ4n) is 6.70. The highest BCUT2D eigenvalue weighted by molar-refractivity contribution is 7.15. The minimum absolute atomic E-state index is 0.0211. The Morgan fingerprint density at radius 2 is 1.82 bits per heavy atom. The van der Waals surface area contributed by atoms with Crippen LogP contribution >= 0.6 is 11.3 Å². The van der Waals surface area contributed by atoms with Gasteiger partial charge in [0.05, 0.1) is 25.5 Å². The summed E-state index contributed by atoms with van der Waals surface area (Å²) < 4.78 is 5.23. The molecule has 1 heterocycles. The van der Waals surface area contributed by atoms with Crippen molar-refractivity contribution in [3.63, 3.8) is 0 Å². The molecule has 39 heavy (non-hydrogen) atoms. The SMILES string of the molecule is COc1ccc(CNC(=O)CC2c3nc(NCc4ccccc4)sc3CC3C(C)(CO)C(O)CCC23C)cc1. The molecule has 1 saturated carbocycles. The summed E-state index contributed by atoms with van der Waals surface area (Å²) in [6, 6.07) is 17.9. The van der Waals surface area contributed by atoms with Crippen molar-refractivity contribution in [3.05, 3.63) is 76.3 Å². The van der Waals surface area contributed by atoms with Crippen LogP contribution in [-0.4, -0.2) is 40.9 Å². The second kappa shape index (κ2) is 11.3. The number of aliphatic hydroxyl groups is 2. The summed E-state index contributed by atoms with van der Waals surface area (Å²) in [4.78, 5) is 19.6. The van der Waals surface area contributed by atoms with Crippen LogP contribution in [0.25, 0.3) is 0 Å². The summed E-state index contributed by atoms with van der Waals surface area (Å²) in [6.45, 7) is 5.27. The molecule has 0 bridgehead atoms. The molecule has 3 aromatic rings. The molecule has 5 atom stereocenters. The molecule has 5 rings (SSSR count). The first kappa shape index (κ1) is 27.6. The number of benzene rings is 2. The van der Waals surface area contributed by atoms with E-state index in [9.17, 15) is 15.0 Å². The van der Waals surface area contributed by atoms with Gasteiger partial charge in [0.25, 0.3) is 0 Å². The highest BCUT2D eigenvalue weighted by atomic mass is 32.1. The minimum Gasteiger partial charge on any atom is -0.497 e. The van der Waals surface area contributed by atoms with Crippen LogP contribution in [0.5, 0.6) is 5.75 Å². The number of hydrogen-bond acceptors (Lipinski definition) is 7.